The van der Waals surface area contributed by atoms with Gasteiger partial charge < -0.3 is 4.18 Å². The van der Waals surface area contributed by atoms with Crippen LogP contribution in [0.3, 0.4) is 0 Å². The molecule has 0 aromatic heterocycles. The van der Waals surface area contributed by atoms with E-state index < -0.39 is 0 Å². The van der Waals surface area contributed by atoms with E-state index in [0.717, 1.165) is 42.1 Å². The minimum absolute atomic E-state index is 0.136. The van der Waals surface area contributed by atoms with Gasteiger partial charge in [0.1, 0.15) is 11.6 Å². The fourth-order valence-electron chi connectivity index (χ4n) is 4.27. The first-order valence-electron chi connectivity index (χ1n) is 10.2. The van der Waals surface area contributed by atoms with Crippen LogP contribution in [0.2, 0.25) is 0 Å². The van der Waals surface area contributed by atoms with Crippen molar-refractivity contribution in [2.45, 2.75) is 37.2 Å². The highest BCUT2D eigenvalue weighted by atomic mass is 32.2. The van der Waals surface area contributed by atoms with E-state index in [2.05, 4.69) is 61.4 Å². The van der Waals surface area contributed by atoms with Gasteiger partial charge in [0, 0.05) is 24.0 Å². The molecule has 2 aliphatic heterocycles. The van der Waals surface area contributed by atoms with Crippen molar-refractivity contribution in [1.82, 2.24) is 4.90 Å². The zero-order valence-corrected chi connectivity index (χ0v) is 18.1. The highest BCUT2D eigenvalue weighted by Gasteiger charge is 2.32. The summed E-state index contributed by atoms with van der Waals surface area (Å²) >= 11 is 1.39. The Morgan fingerprint density at radius 2 is 1.73 bits per heavy atom. The second-order valence-electron chi connectivity index (χ2n) is 7.69. The van der Waals surface area contributed by atoms with Gasteiger partial charge in [-0.05, 0) is 78.4 Å². The fraction of sp³-hybridized carbons (Fsp3) is 0.231. The molecule has 3 aromatic carbocycles. The summed E-state index contributed by atoms with van der Waals surface area (Å²) in [6.07, 6.45) is 1.91. The summed E-state index contributed by atoms with van der Waals surface area (Å²) in [7, 11) is 0. The largest absolute Gasteiger partial charge is 0.421 e. The lowest BCUT2D eigenvalue weighted by Gasteiger charge is -2.41. The number of nitrogens with zero attached hydrogens (tertiary/aromatic N) is 1. The Morgan fingerprint density at radius 1 is 0.967 bits per heavy atom. The molecule has 3 aromatic rings. The van der Waals surface area contributed by atoms with Gasteiger partial charge in [0.2, 0.25) is 0 Å². The number of halogens is 1. The highest BCUT2D eigenvalue weighted by molar-refractivity contribution is 7.95. The molecule has 1 unspecified atom stereocenters. The van der Waals surface area contributed by atoms with Crippen LogP contribution in [0.15, 0.2) is 78.7 Å². The molecule has 4 heteroatoms. The number of aryl methyl sites for hydroxylation is 1. The number of rotatable bonds is 3. The number of hydrogen-bond acceptors (Lipinski definition) is 3. The second-order valence-corrected chi connectivity index (χ2v) is 8.50. The van der Waals surface area contributed by atoms with Crippen molar-refractivity contribution >= 4 is 12.0 Å². The van der Waals surface area contributed by atoms with E-state index in [1.807, 2.05) is 12.1 Å². The molecule has 0 saturated carbocycles. The molecule has 2 aliphatic rings. The Morgan fingerprint density at radius 3 is 2.53 bits per heavy atom. The van der Waals surface area contributed by atoms with Crippen LogP contribution in [0.5, 0.6) is 5.75 Å². The zero-order chi connectivity index (χ0) is 21.1. The summed E-state index contributed by atoms with van der Waals surface area (Å²) in [4.78, 5) is 3.57. The molecule has 2 nitrogen and oxygen atoms in total. The van der Waals surface area contributed by atoms with Gasteiger partial charge in [-0.1, -0.05) is 29.8 Å². The van der Waals surface area contributed by atoms with E-state index in [1.165, 1.54) is 34.3 Å². The molecule has 0 aliphatic carbocycles. The van der Waals surface area contributed by atoms with Crippen LogP contribution < -0.4 is 4.18 Å². The third kappa shape index (κ3) is 4.30. The number of fused-ring (bicyclic) bond motifs is 4. The van der Waals surface area contributed by atoms with Gasteiger partial charge in [-0.15, -0.1) is 13.2 Å². The average Bonchev–Trinajstić information content (AvgIpc) is 2.78. The quantitative estimate of drug-likeness (QED) is 0.347. The molecule has 0 radical (unpaired) electrons. The lowest BCUT2D eigenvalue weighted by atomic mass is 9.84. The summed E-state index contributed by atoms with van der Waals surface area (Å²) in [5.74, 6) is 0.745. The minimum atomic E-state index is -0.136. The average molecular weight is 420 g/mol. The lowest BCUT2D eigenvalue weighted by Crippen LogP contribution is -2.39. The van der Waals surface area contributed by atoms with Crippen LogP contribution in [0.4, 0.5) is 4.39 Å². The lowest BCUT2D eigenvalue weighted by molar-refractivity contribution is 0.160. The SMILES string of the molecule is C=C.Cc1ccc(SOc2ccc3c(c2)CN2CCc4ccc(F)cc4C2C3)cc1. The summed E-state index contributed by atoms with van der Waals surface area (Å²) in [5, 5.41) is 0. The van der Waals surface area contributed by atoms with Gasteiger partial charge in [0.15, 0.2) is 0 Å². The predicted octanol–water partition coefficient (Wildman–Crippen LogP) is 6.68. The molecule has 2 heterocycles. The van der Waals surface area contributed by atoms with Gasteiger partial charge >= 0.3 is 0 Å². The van der Waals surface area contributed by atoms with Gasteiger partial charge in [-0.25, -0.2) is 4.39 Å². The maximum absolute atomic E-state index is 13.8. The maximum Gasteiger partial charge on any atom is 0.138 e. The molecule has 154 valence electrons. The van der Waals surface area contributed by atoms with Crippen molar-refractivity contribution in [3.05, 3.63) is 107 Å². The highest BCUT2D eigenvalue weighted by Crippen LogP contribution is 2.39. The van der Waals surface area contributed by atoms with E-state index in [9.17, 15) is 4.39 Å². The monoisotopic (exact) mass is 419 g/mol. The molecule has 30 heavy (non-hydrogen) atoms. The molecule has 5 rings (SSSR count). The van der Waals surface area contributed by atoms with Crippen molar-refractivity contribution in [1.29, 1.82) is 0 Å². The standard InChI is InChI=1S/C24H22FNOS.C2H4/c1-16-2-8-22(9-3-16)28-27-21-7-5-18-13-24-23-14-20(25)6-4-17(23)10-11-26(24)15-19(18)12-21;1-2/h2-9,12,14,24H,10-11,13,15H2,1H3;1-2H2. The van der Waals surface area contributed by atoms with Gasteiger partial charge in [-0.2, -0.15) is 0 Å². The van der Waals surface area contributed by atoms with Crippen molar-refractivity contribution in [2.75, 3.05) is 6.54 Å². The Bertz CT molecular complexity index is 1030. The molecule has 0 N–H and O–H groups in total. The molecule has 0 fully saturated rings. The van der Waals surface area contributed by atoms with Crippen LogP contribution in [0, 0.1) is 12.7 Å². The Hall–Kier alpha value is -2.56. The van der Waals surface area contributed by atoms with Crippen LogP contribution in [0.1, 0.15) is 33.9 Å². The molecular weight excluding hydrogens is 393 g/mol. The Kier molecular flexibility index (Phi) is 6.26. The van der Waals surface area contributed by atoms with Crippen LogP contribution in [-0.4, -0.2) is 11.4 Å². The van der Waals surface area contributed by atoms with Crippen LogP contribution >= 0.6 is 12.0 Å². The number of benzene rings is 3. The molecular formula is C26H26FNOS. The topological polar surface area (TPSA) is 12.5 Å². The zero-order valence-electron chi connectivity index (χ0n) is 17.2. The first-order valence-corrected chi connectivity index (χ1v) is 11.0. The van der Waals surface area contributed by atoms with Crippen molar-refractivity contribution < 1.29 is 8.57 Å². The molecule has 0 spiro atoms. The molecule has 0 bridgehead atoms. The second kappa shape index (κ2) is 9.07. The predicted molar refractivity (Wildman–Crippen MR) is 122 cm³/mol. The maximum atomic E-state index is 13.8. The van der Waals surface area contributed by atoms with Gasteiger partial charge in [0.05, 0.1) is 12.0 Å². The minimum Gasteiger partial charge on any atom is -0.421 e. The van der Waals surface area contributed by atoms with Crippen LogP contribution in [0.25, 0.3) is 0 Å². The van der Waals surface area contributed by atoms with E-state index in [4.69, 9.17) is 4.18 Å². The first kappa shape index (κ1) is 20.7. The summed E-state index contributed by atoms with van der Waals surface area (Å²) < 4.78 is 19.8. The third-order valence-electron chi connectivity index (χ3n) is 5.80. The van der Waals surface area contributed by atoms with Crippen molar-refractivity contribution in [3.63, 3.8) is 0 Å². The van der Waals surface area contributed by atoms with E-state index >= 15 is 0 Å². The fourth-order valence-corrected chi connectivity index (χ4v) is 4.81. The van der Waals surface area contributed by atoms with E-state index in [1.54, 1.807) is 12.1 Å². The first-order chi connectivity index (χ1) is 14.7. The summed E-state index contributed by atoms with van der Waals surface area (Å²) in [5.41, 5.74) is 6.35. The number of hydrogen-bond donors (Lipinski definition) is 0. The Balaban J connectivity index is 0.00000106. The Labute approximate surface area is 182 Å². The molecule has 1 atom stereocenters. The van der Waals surface area contributed by atoms with E-state index in [-0.39, 0.29) is 11.9 Å². The molecule has 0 saturated heterocycles. The smallest absolute Gasteiger partial charge is 0.138 e. The molecule has 0 amide bonds. The summed E-state index contributed by atoms with van der Waals surface area (Å²) in [6, 6.07) is 20.3. The third-order valence-corrected chi connectivity index (χ3v) is 6.54. The normalized spacial score (nSPS) is 17.1. The van der Waals surface area contributed by atoms with Gasteiger partial charge in [0.25, 0.3) is 0 Å². The van der Waals surface area contributed by atoms with Crippen LogP contribution in [-0.2, 0) is 19.4 Å². The van der Waals surface area contributed by atoms with E-state index in [0.29, 0.717) is 0 Å². The van der Waals surface area contributed by atoms with Gasteiger partial charge in [-0.3, -0.25) is 4.90 Å². The van der Waals surface area contributed by atoms with Crippen molar-refractivity contribution in [3.8, 4) is 5.75 Å². The summed E-state index contributed by atoms with van der Waals surface area (Å²) in [6.45, 7) is 9.99. The van der Waals surface area contributed by atoms with Crippen molar-refractivity contribution in [2.24, 2.45) is 0 Å².